The number of anilines is 1. The maximum Gasteiger partial charge on any atom is 0.251 e. The van der Waals surface area contributed by atoms with Crippen LogP contribution < -0.4 is 5.73 Å². The van der Waals surface area contributed by atoms with Crippen LogP contribution in [0, 0.1) is 13.8 Å². The molecule has 2 aromatic heterocycles. The molecule has 2 rings (SSSR count). The van der Waals surface area contributed by atoms with Crippen LogP contribution >= 0.6 is 0 Å². The quantitative estimate of drug-likeness (QED) is 0.722. The third-order valence-corrected chi connectivity index (χ3v) is 2.02. The van der Waals surface area contributed by atoms with Crippen molar-refractivity contribution in [3.63, 3.8) is 0 Å². The third kappa shape index (κ3) is 1.32. The van der Waals surface area contributed by atoms with Gasteiger partial charge in [-0.3, -0.25) is 0 Å². The summed E-state index contributed by atoms with van der Waals surface area (Å²) < 4.78 is 1.61. The minimum atomic E-state index is 0.555. The van der Waals surface area contributed by atoms with Crippen molar-refractivity contribution in [3.8, 4) is 5.95 Å². The molecule has 0 spiro atoms. The Balaban J connectivity index is 2.57. The van der Waals surface area contributed by atoms with Crippen molar-refractivity contribution in [2.75, 3.05) is 5.73 Å². The van der Waals surface area contributed by atoms with E-state index in [4.69, 9.17) is 5.73 Å². The Morgan fingerprint density at radius 3 is 2.36 bits per heavy atom. The zero-order valence-electron chi connectivity index (χ0n) is 8.10. The summed E-state index contributed by atoms with van der Waals surface area (Å²) in [6, 6.07) is 1.82. The van der Waals surface area contributed by atoms with E-state index in [1.54, 1.807) is 17.1 Å². The molecule has 0 aromatic carbocycles. The molecule has 0 aliphatic rings. The van der Waals surface area contributed by atoms with Crippen LogP contribution in [0.25, 0.3) is 5.95 Å². The van der Waals surface area contributed by atoms with Crippen molar-refractivity contribution in [3.05, 3.63) is 29.8 Å². The number of nitrogens with zero attached hydrogens (tertiary/aromatic N) is 4. The largest absolute Gasteiger partial charge is 0.396 e. The van der Waals surface area contributed by atoms with Crippen LogP contribution in [0.3, 0.4) is 0 Å². The van der Waals surface area contributed by atoms with Gasteiger partial charge in [-0.2, -0.15) is 5.10 Å². The summed E-state index contributed by atoms with van der Waals surface area (Å²) >= 11 is 0. The standard InChI is InChI=1S/C9H11N5/c1-6-8(10)7(2)13-9(12-6)14-5-3-4-11-14/h3-5H,10H2,1-2H3. The summed E-state index contributed by atoms with van der Waals surface area (Å²) in [5.41, 5.74) is 7.95. The van der Waals surface area contributed by atoms with Gasteiger partial charge in [0.25, 0.3) is 5.95 Å². The number of nitrogen functional groups attached to an aromatic ring is 1. The average molecular weight is 189 g/mol. The van der Waals surface area contributed by atoms with Gasteiger partial charge in [0.05, 0.1) is 17.1 Å². The Kier molecular flexibility index (Phi) is 1.92. The lowest BCUT2D eigenvalue weighted by Gasteiger charge is -2.05. The molecule has 0 saturated carbocycles. The van der Waals surface area contributed by atoms with Gasteiger partial charge in [-0.25, -0.2) is 14.6 Å². The van der Waals surface area contributed by atoms with Gasteiger partial charge in [0.15, 0.2) is 0 Å². The van der Waals surface area contributed by atoms with Crippen molar-refractivity contribution in [2.24, 2.45) is 0 Å². The first-order valence-electron chi connectivity index (χ1n) is 4.29. The van der Waals surface area contributed by atoms with E-state index in [1.807, 2.05) is 19.9 Å². The SMILES string of the molecule is Cc1nc(-n2cccn2)nc(C)c1N. The summed E-state index contributed by atoms with van der Waals surface area (Å²) in [5.74, 6) is 0.555. The van der Waals surface area contributed by atoms with Crippen LogP contribution in [0.2, 0.25) is 0 Å². The van der Waals surface area contributed by atoms with E-state index in [2.05, 4.69) is 15.1 Å². The van der Waals surface area contributed by atoms with Gasteiger partial charge < -0.3 is 5.73 Å². The van der Waals surface area contributed by atoms with Crippen LogP contribution in [0.15, 0.2) is 18.5 Å². The maximum atomic E-state index is 5.75. The number of rotatable bonds is 1. The van der Waals surface area contributed by atoms with Gasteiger partial charge in [-0.1, -0.05) is 0 Å². The molecule has 2 aromatic rings. The average Bonchev–Trinajstić information content (AvgIpc) is 2.66. The molecule has 0 fully saturated rings. The number of aromatic nitrogens is 4. The number of nitrogens with two attached hydrogens (primary N) is 1. The molecule has 0 bridgehead atoms. The van der Waals surface area contributed by atoms with Gasteiger partial charge in [-0.05, 0) is 19.9 Å². The van der Waals surface area contributed by atoms with Crippen molar-refractivity contribution < 1.29 is 0 Å². The predicted octanol–water partition coefficient (Wildman–Crippen LogP) is 0.861. The molecular weight excluding hydrogens is 178 g/mol. The smallest absolute Gasteiger partial charge is 0.251 e. The number of hydrogen-bond acceptors (Lipinski definition) is 4. The Morgan fingerprint density at radius 2 is 1.86 bits per heavy atom. The van der Waals surface area contributed by atoms with E-state index in [0.717, 1.165) is 11.4 Å². The second-order valence-electron chi connectivity index (χ2n) is 3.06. The summed E-state index contributed by atoms with van der Waals surface area (Å²) in [6.07, 6.45) is 3.48. The van der Waals surface area contributed by atoms with Crippen molar-refractivity contribution in [2.45, 2.75) is 13.8 Å². The fourth-order valence-electron chi connectivity index (χ4n) is 1.20. The summed E-state index contributed by atoms with van der Waals surface area (Å²) in [5, 5.41) is 4.05. The molecular formula is C9H11N5. The van der Waals surface area contributed by atoms with Crippen molar-refractivity contribution in [1.82, 2.24) is 19.7 Å². The van der Waals surface area contributed by atoms with Gasteiger partial charge in [0.1, 0.15) is 0 Å². The highest BCUT2D eigenvalue weighted by Crippen LogP contribution is 2.13. The molecule has 0 aliphatic carbocycles. The third-order valence-electron chi connectivity index (χ3n) is 2.02. The normalized spacial score (nSPS) is 10.4. The highest BCUT2D eigenvalue weighted by molar-refractivity contribution is 5.47. The van der Waals surface area contributed by atoms with Crippen molar-refractivity contribution >= 4 is 5.69 Å². The minimum Gasteiger partial charge on any atom is -0.396 e. The monoisotopic (exact) mass is 189 g/mol. The zero-order chi connectivity index (χ0) is 10.1. The van der Waals surface area contributed by atoms with Gasteiger partial charge in [-0.15, -0.1) is 0 Å². The number of hydrogen-bond donors (Lipinski definition) is 1. The topological polar surface area (TPSA) is 69.6 Å². The second-order valence-corrected chi connectivity index (χ2v) is 3.06. The van der Waals surface area contributed by atoms with E-state index in [1.165, 1.54) is 0 Å². The lowest BCUT2D eigenvalue weighted by molar-refractivity contribution is 0.795. The lowest BCUT2D eigenvalue weighted by atomic mass is 10.3. The van der Waals surface area contributed by atoms with E-state index >= 15 is 0 Å². The van der Waals surface area contributed by atoms with Crippen LogP contribution in [0.4, 0.5) is 5.69 Å². The highest BCUT2D eigenvalue weighted by atomic mass is 15.3. The van der Waals surface area contributed by atoms with Gasteiger partial charge in [0.2, 0.25) is 0 Å². The van der Waals surface area contributed by atoms with Crippen LogP contribution in [-0.4, -0.2) is 19.7 Å². The zero-order valence-corrected chi connectivity index (χ0v) is 8.10. The first-order valence-corrected chi connectivity index (χ1v) is 4.29. The molecule has 14 heavy (non-hydrogen) atoms. The molecule has 0 aliphatic heterocycles. The Labute approximate surface area is 81.6 Å². The summed E-state index contributed by atoms with van der Waals surface area (Å²) in [4.78, 5) is 8.48. The molecule has 0 unspecified atom stereocenters. The van der Waals surface area contributed by atoms with E-state index < -0.39 is 0 Å². The Bertz CT molecular complexity index is 423. The second kappa shape index (κ2) is 3.10. The fraction of sp³-hybridized carbons (Fsp3) is 0.222. The molecule has 5 nitrogen and oxygen atoms in total. The molecule has 0 amide bonds. The molecule has 72 valence electrons. The molecule has 0 radical (unpaired) electrons. The van der Waals surface area contributed by atoms with Gasteiger partial charge in [0, 0.05) is 12.4 Å². The van der Waals surface area contributed by atoms with Crippen LogP contribution in [-0.2, 0) is 0 Å². The highest BCUT2D eigenvalue weighted by Gasteiger charge is 2.06. The Hall–Kier alpha value is -1.91. The maximum absolute atomic E-state index is 5.75. The molecule has 5 heteroatoms. The molecule has 0 atom stereocenters. The van der Waals surface area contributed by atoms with Gasteiger partial charge >= 0.3 is 0 Å². The van der Waals surface area contributed by atoms with Crippen LogP contribution in [0.5, 0.6) is 0 Å². The van der Waals surface area contributed by atoms with E-state index in [9.17, 15) is 0 Å². The molecule has 2 heterocycles. The molecule has 2 N–H and O–H groups in total. The lowest BCUT2D eigenvalue weighted by Crippen LogP contribution is -2.07. The van der Waals surface area contributed by atoms with E-state index in [0.29, 0.717) is 11.6 Å². The number of aryl methyl sites for hydroxylation is 2. The van der Waals surface area contributed by atoms with E-state index in [-0.39, 0.29) is 0 Å². The first kappa shape index (κ1) is 8.68. The Morgan fingerprint density at radius 1 is 1.21 bits per heavy atom. The predicted molar refractivity (Wildman–Crippen MR) is 53.0 cm³/mol. The first-order chi connectivity index (χ1) is 6.68. The van der Waals surface area contributed by atoms with Crippen molar-refractivity contribution in [1.29, 1.82) is 0 Å². The fourth-order valence-corrected chi connectivity index (χ4v) is 1.20. The van der Waals surface area contributed by atoms with Crippen LogP contribution in [0.1, 0.15) is 11.4 Å². The summed E-state index contributed by atoms with van der Waals surface area (Å²) in [7, 11) is 0. The summed E-state index contributed by atoms with van der Waals surface area (Å²) in [6.45, 7) is 3.72. The minimum absolute atomic E-state index is 0.555. The molecule has 0 saturated heterocycles.